The molecule has 9 heteroatoms. The number of nitrogens with zero attached hydrogens (tertiary/aromatic N) is 1. The monoisotopic (exact) mass is 327 g/mol. The van der Waals surface area contributed by atoms with E-state index in [1.807, 2.05) is 0 Å². The number of hydrogen-bond acceptors (Lipinski definition) is 5. The Kier molecular flexibility index (Phi) is 3.82. The number of amides is 1. The number of hydrogen-bond donors (Lipinski definition) is 3. The summed E-state index contributed by atoms with van der Waals surface area (Å²) in [5.41, 5.74) is -0.584. The molecule has 0 saturated heterocycles. The van der Waals surface area contributed by atoms with Crippen molar-refractivity contribution in [1.82, 2.24) is 5.31 Å². The van der Waals surface area contributed by atoms with E-state index in [9.17, 15) is 20.0 Å². The maximum atomic E-state index is 11.8. The molecule has 3 N–H and O–H groups in total. The second-order valence-electron chi connectivity index (χ2n) is 3.49. The predicted octanol–water partition coefficient (Wildman–Crippen LogP) is 0.909. The molecule has 0 radical (unpaired) electrons. The van der Waals surface area contributed by atoms with Crippen molar-refractivity contribution in [2.24, 2.45) is 0 Å². The fourth-order valence-electron chi connectivity index (χ4n) is 1.24. The molecular formula is C11H12Cl2N2O5. The number of nitro benzene ring substituents is 1. The van der Waals surface area contributed by atoms with E-state index in [4.69, 9.17) is 30.2 Å². The fourth-order valence-corrected chi connectivity index (χ4v) is 1.34. The molecule has 0 heterocycles. The molecule has 0 aromatic heterocycles. The first kappa shape index (κ1) is 10.3. The number of nitrogens with one attached hydrogen (secondary N) is 1. The molecule has 0 spiro atoms. The van der Waals surface area contributed by atoms with Gasteiger partial charge in [0.1, 0.15) is 6.10 Å². The lowest BCUT2D eigenvalue weighted by atomic mass is 10.0. The van der Waals surface area contributed by atoms with E-state index in [1.54, 1.807) is 0 Å². The SMILES string of the molecule is [2H]OC([2H])([2H])[C@]([2H])([C@H](O)c1ccc([N+](=O)[O-])cc1)N([2H])C(=O)C(Cl)Cl. The second-order valence-corrected chi connectivity index (χ2v) is 4.59. The fraction of sp³-hybridized carbons (Fsp3) is 0.364. The Hall–Kier alpha value is -1.41. The number of halogens is 2. The molecule has 1 rings (SSSR count). The molecule has 0 bridgehead atoms. The number of benzene rings is 1. The van der Waals surface area contributed by atoms with Crippen molar-refractivity contribution in [3.63, 3.8) is 0 Å². The number of alkyl halides is 2. The summed E-state index contributed by atoms with van der Waals surface area (Å²) in [7, 11) is 0. The van der Waals surface area contributed by atoms with E-state index in [0.29, 0.717) is 0 Å². The molecule has 1 aromatic carbocycles. The second kappa shape index (κ2) is 7.39. The van der Waals surface area contributed by atoms with Crippen molar-refractivity contribution in [3.8, 4) is 0 Å². The summed E-state index contributed by atoms with van der Waals surface area (Å²) in [6, 6.07) is 0.743. The van der Waals surface area contributed by atoms with Crippen molar-refractivity contribution in [3.05, 3.63) is 39.9 Å². The zero-order chi connectivity index (χ0) is 19.6. The Morgan fingerprint density at radius 1 is 1.60 bits per heavy atom. The summed E-state index contributed by atoms with van der Waals surface area (Å²) in [6.07, 6.45) is -2.23. The molecule has 7 nitrogen and oxygen atoms in total. The lowest BCUT2D eigenvalue weighted by Crippen LogP contribution is -2.44. The van der Waals surface area contributed by atoms with E-state index in [1.165, 1.54) is 0 Å². The number of nitro groups is 1. The Labute approximate surface area is 131 Å². The number of non-ortho nitro benzene ring substituents is 1. The summed E-state index contributed by atoms with van der Waals surface area (Å²) < 4.78 is 37.7. The van der Waals surface area contributed by atoms with Gasteiger partial charge in [-0.15, -0.1) is 0 Å². The maximum Gasteiger partial charge on any atom is 0.269 e. The van der Waals surface area contributed by atoms with Gasteiger partial charge in [-0.2, -0.15) is 0 Å². The third-order valence-electron chi connectivity index (χ3n) is 2.20. The largest absolute Gasteiger partial charge is 0.394 e. The van der Waals surface area contributed by atoms with Gasteiger partial charge in [-0.3, -0.25) is 14.9 Å². The molecule has 20 heavy (non-hydrogen) atoms. The van der Waals surface area contributed by atoms with Gasteiger partial charge in [0.25, 0.3) is 11.6 Å². The molecule has 0 aliphatic heterocycles. The van der Waals surface area contributed by atoms with E-state index < -0.39 is 34.3 Å². The quantitative estimate of drug-likeness (QED) is 0.391. The standard InChI is InChI=1S/C11H12Cl2N2O5/c12-10(13)11(18)14-8(5-16)9(17)6-1-3-7(4-2-6)15(19)20/h1-4,8-10,16-17H,5H2,(H,14,18)/t8-,9-/m1/s1/i5D2,8D,16D/hD. The summed E-state index contributed by atoms with van der Waals surface area (Å²) >= 11 is 10.7. The molecule has 110 valence electrons. The highest BCUT2D eigenvalue weighted by atomic mass is 35.5. The zero-order valence-electron chi connectivity index (χ0n) is 14.7. The molecule has 0 saturated carbocycles. The van der Waals surface area contributed by atoms with Crippen LogP contribution in [0.25, 0.3) is 0 Å². The highest BCUT2D eigenvalue weighted by Gasteiger charge is 2.24. The van der Waals surface area contributed by atoms with Crippen LogP contribution in [0.5, 0.6) is 0 Å². The van der Waals surface area contributed by atoms with Gasteiger partial charge in [0.15, 0.2) is 6.25 Å². The molecule has 1 amide bonds. The van der Waals surface area contributed by atoms with Crippen LogP contribution in [0.1, 0.15) is 15.8 Å². The Balaban J connectivity index is 3.41. The molecule has 0 aliphatic carbocycles. The minimum absolute atomic E-state index is 0.243. The van der Waals surface area contributed by atoms with E-state index in [-0.39, 0.29) is 16.6 Å². The van der Waals surface area contributed by atoms with Gasteiger partial charge in [0, 0.05) is 12.1 Å². The molecule has 2 atom stereocenters. The Morgan fingerprint density at radius 2 is 2.20 bits per heavy atom. The smallest absolute Gasteiger partial charge is 0.269 e. The van der Waals surface area contributed by atoms with Crippen LogP contribution in [0.3, 0.4) is 0 Å². The number of aliphatic hydroxyl groups is 2. The zero-order valence-corrected chi connectivity index (χ0v) is 11.2. The first-order chi connectivity index (χ1) is 11.4. The van der Waals surface area contributed by atoms with Crippen molar-refractivity contribution in [2.75, 3.05) is 6.56 Å². The minimum atomic E-state index is -3.35. The minimum Gasteiger partial charge on any atom is -0.394 e. The molecule has 1 aromatic rings. The van der Waals surface area contributed by atoms with Crippen LogP contribution in [0, 0.1) is 10.1 Å². The normalized spacial score (nSPS) is 19.7. The third-order valence-corrected chi connectivity index (χ3v) is 2.57. The lowest BCUT2D eigenvalue weighted by Gasteiger charge is -2.22. The summed E-state index contributed by atoms with van der Waals surface area (Å²) in [4.78, 5) is 19.9. The maximum absolute atomic E-state index is 11.8. The highest BCUT2D eigenvalue weighted by molar-refractivity contribution is 6.53. The average molecular weight is 328 g/mol. The van der Waals surface area contributed by atoms with Crippen molar-refractivity contribution < 1.29 is 25.5 Å². The molecule has 0 fully saturated rings. The molecular weight excluding hydrogens is 311 g/mol. The van der Waals surface area contributed by atoms with E-state index >= 15 is 0 Å². The van der Waals surface area contributed by atoms with Gasteiger partial charge in [-0.1, -0.05) is 23.2 Å². The van der Waals surface area contributed by atoms with Crippen molar-refractivity contribution in [2.45, 2.75) is 17.0 Å². The van der Waals surface area contributed by atoms with Gasteiger partial charge in [0.05, 0.1) is 21.6 Å². The van der Waals surface area contributed by atoms with Crippen molar-refractivity contribution >= 4 is 34.8 Å². The van der Waals surface area contributed by atoms with Gasteiger partial charge in [-0.05, 0) is 17.7 Å². The lowest BCUT2D eigenvalue weighted by molar-refractivity contribution is -0.384. The van der Waals surface area contributed by atoms with Crippen LogP contribution in [-0.4, -0.2) is 39.9 Å². The average Bonchev–Trinajstić information content (AvgIpc) is 2.58. The number of rotatable bonds is 7. The summed E-state index contributed by atoms with van der Waals surface area (Å²) in [5.74, 6) is -1.44. The summed E-state index contributed by atoms with van der Waals surface area (Å²) in [5, 5.41) is 24.5. The van der Waals surface area contributed by atoms with Crippen LogP contribution in [0.4, 0.5) is 5.69 Å². The predicted molar refractivity (Wildman–Crippen MR) is 72.6 cm³/mol. The molecule has 0 unspecified atom stereocenters. The highest BCUT2D eigenvalue weighted by Crippen LogP contribution is 2.20. The van der Waals surface area contributed by atoms with Crippen LogP contribution in [0.2, 0.25) is 1.41 Å². The topological polar surface area (TPSA) is 113 Å². The van der Waals surface area contributed by atoms with Crippen LogP contribution >= 0.6 is 23.2 Å². The summed E-state index contributed by atoms with van der Waals surface area (Å²) in [6.45, 7) is -3.35. The number of aliphatic hydroxyl groups excluding tert-OH is 1. The first-order valence-electron chi connectivity index (χ1n) is 7.43. The van der Waals surface area contributed by atoms with E-state index in [2.05, 4.69) is 5.11 Å². The first-order valence-corrected chi connectivity index (χ1v) is 5.95. The van der Waals surface area contributed by atoms with Gasteiger partial charge in [-0.25, -0.2) is 0 Å². The van der Waals surface area contributed by atoms with Gasteiger partial charge >= 0.3 is 0 Å². The molecule has 0 aliphatic rings. The van der Waals surface area contributed by atoms with Crippen LogP contribution < -0.4 is 5.31 Å². The number of carbonyl (C=O) groups excluding carboxylic acids is 1. The number of carbonyl (C=O) groups is 1. The van der Waals surface area contributed by atoms with Gasteiger partial charge < -0.3 is 15.5 Å². The van der Waals surface area contributed by atoms with Crippen LogP contribution in [-0.2, 0) is 4.79 Å². The van der Waals surface area contributed by atoms with E-state index in [0.717, 1.165) is 24.3 Å². The van der Waals surface area contributed by atoms with Gasteiger partial charge in [0.2, 0.25) is 1.43 Å². The Morgan fingerprint density at radius 3 is 2.65 bits per heavy atom. The third kappa shape index (κ3) is 4.31. The Bertz CT molecular complexity index is 650. The van der Waals surface area contributed by atoms with Crippen molar-refractivity contribution in [1.29, 1.82) is 1.43 Å². The van der Waals surface area contributed by atoms with Crippen LogP contribution in [0.15, 0.2) is 24.3 Å².